The van der Waals surface area contributed by atoms with Crippen LogP contribution in [-0.4, -0.2) is 36.5 Å². The zero-order chi connectivity index (χ0) is 24.1. The first kappa shape index (κ1) is 27.8. The number of alkyl carbamates (subject to hydrolysis) is 2. The predicted octanol–water partition coefficient (Wildman–Crippen LogP) is 7.10. The van der Waals surface area contributed by atoms with Crippen molar-refractivity contribution in [3.05, 3.63) is 0 Å². The summed E-state index contributed by atoms with van der Waals surface area (Å²) in [6.45, 7) is 8.27. The Kier molecular flexibility index (Phi) is 13.0. The molecule has 0 aromatic carbocycles. The number of hydrogen-bond donors (Lipinski definition) is 2. The van der Waals surface area contributed by atoms with Gasteiger partial charge >= 0.3 is 12.2 Å². The summed E-state index contributed by atoms with van der Waals surface area (Å²) in [7, 11) is 0. The molecule has 0 spiro atoms. The second kappa shape index (κ2) is 15.4. The fraction of sp³-hybridized carbons (Fsp3) is 0.926. The van der Waals surface area contributed by atoms with E-state index in [4.69, 9.17) is 9.47 Å². The largest absolute Gasteiger partial charge is 0.447 e. The topological polar surface area (TPSA) is 76.7 Å². The third-order valence-electron chi connectivity index (χ3n) is 7.55. The van der Waals surface area contributed by atoms with Gasteiger partial charge in [0.1, 0.15) is 12.2 Å². The first-order chi connectivity index (χ1) is 15.9. The molecule has 0 aromatic rings. The van der Waals surface area contributed by atoms with Crippen LogP contribution >= 0.6 is 0 Å². The molecule has 2 atom stereocenters. The van der Waals surface area contributed by atoms with Crippen LogP contribution in [-0.2, 0) is 9.47 Å². The Bertz CT molecular complexity index is 506. The fourth-order valence-corrected chi connectivity index (χ4v) is 5.42. The molecule has 2 N–H and O–H groups in total. The van der Waals surface area contributed by atoms with Gasteiger partial charge in [-0.1, -0.05) is 39.5 Å². The highest BCUT2D eigenvalue weighted by Crippen LogP contribution is 2.35. The van der Waals surface area contributed by atoms with Crippen molar-refractivity contribution < 1.29 is 19.1 Å². The molecule has 6 nitrogen and oxygen atoms in total. The Morgan fingerprint density at radius 1 is 0.697 bits per heavy atom. The van der Waals surface area contributed by atoms with Gasteiger partial charge in [0, 0.05) is 12.1 Å². The van der Waals surface area contributed by atoms with Crippen molar-refractivity contribution >= 4 is 12.2 Å². The minimum atomic E-state index is -0.244. The van der Waals surface area contributed by atoms with Crippen LogP contribution in [0, 0.1) is 11.8 Å². The average Bonchev–Trinajstić information content (AvgIpc) is 2.78. The Hall–Kier alpha value is -1.46. The Labute approximate surface area is 202 Å². The van der Waals surface area contributed by atoms with Crippen molar-refractivity contribution in [3.63, 3.8) is 0 Å². The molecule has 0 aliphatic heterocycles. The van der Waals surface area contributed by atoms with Gasteiger partial charge in [-0.3, -0.25) is 0 Å². The molecule has 0 radical (unpaired) electrons. The van der Waals surface area contributed by atoms with E-state index in [0.717, 1.165) is 76.0 Å². The monoisotopic (exact) mass is 466 g/mol. The third-order valence-corrected chi connectivity index (χ3v) is 7.55. The molecule has 0 bridgehead atoms. The molecule has 6 heteroatoms. The lowest BCUT2D eigenvalue weighted by Gasteiger charge is -2.34. The summed E-state index contributed by atoms with van der Waals surface area (Å²) in [5.74, 6) is 1.53. The molecule has 2 fully saturated rings. The van der Waals surface area contributed by atoms with E-state index in [-0.39, 0.29) is 36.5 Å². The molecule has 2 rings (SSSR count). The standard InChI is InChI=1S/C27H50N2O4/c1-5-7-9-20(3)32-26(30)28-24-15-11-22(12-16-24)19-23-13-17-25(18-14-23)29-27(31)33-21(4)10-8-6-2/h20-25H,5-19H2,1-4H3,(H,28,30)(H,29,31)/t20-,21-,22?,23?,24?,25?/m0/s1. The van der Waals surface area contributed by atoms with E-state index in [0.29, 0.717) is 0 Å². The minimum Gasteiger partial charge on any atom is -0.447 e. The molecule has 33 heavy (non-hydrogen) atoms. The Morgan fingerprint density at radius 2 is 1.06 bits per heavy atom. The molecule has 0 unspecified atom stereocenters. The zero-order valence-corrected chi connectivity index (χ0v) is 21.7. The molecule has 2 aliphatic rings. The maximum atomic E-state index is 12.1. The Balaban J connectivity index is 1.57. The second-order valence-electron chi connectivity index (χ2n) is 10.7. The van der Waals surface area contributed by atoms with Crippen LogP contribution in [0.5, 0.6) is 0 Å². The summed E-state index contributed by atoms with van der Waals surface area (Å²) in [5, 5.41) is 6.17. The molecule has 0 aromatic heterocycles. The molecule has 0 saturated heterocycles. The number of carbonyl (C=O) groups is 2. The van der Waals surface area contributed by atoms with Crippen molar-refractivity contribution in [2.45, 2.75) is 148 Å². The number of ether oxygens (including phenoxy) is 2. The summed E-state index contributed by atoms with van der Waals surface area (Å²) >= 11 is 0. The highest BCUT2D eigenvalue weighted by Gasteiger charge is 2.28. The van der Waals surface area contributed by atoms with Gasteiger partial charge in [0.25, 0.3) is 0 Å². The summed E-state index contributed by atoms with van der Waals surface area (Å²) in [4.78, 5) is 24.2. The van der Waals surface area contributed by atoms with Gasteiger partial charge in [-0.15, -0.1) is 0 Å². The average molecular weight is 467 g/mol. The van der Waals surface area contributed by atoms with Crippen molar-refractivity contribution in [1.82, 2.24) is 10.6 Å². The van der Waals surface area contributed by atoms with Crippen molar-refractivity contribution in [2.24, 2.45) is 11.8 Å². The smallest absolute Gasteiger partial charge is 0.407 e. The number of carbonyl (C=O) groups excluding carboxylic acids is 2. The SMILES string of the molecule is CCCC[C@H](C)OC(=O)NC1CCC(CC2CCC(NC(=O)O[C@@H](C)CCCC)CC2)CC1. The van der Waals surface area contributed by atoms with Crippen LogP contribution in [0.3, 0.4) is 0 Å². The highest BCUT2D eigenvalue weighted by atomic mass is 16.6. The number of nitrogens with one attached hydrogen (secondary N) is 2. The van der Waals surface area contributed by atoms with Crippen LogP contribution in [0.4, 0.5) is 9.59 Å². The van der Waals surface area contributed by atoms with Crippen LogP contribution < -0.4 is 10.6 Å². The van der Waals surface area contributed by atoms with Gasteiger partial charge < -0.3 is 20.1 Å². The summed E-state index contributed by atoms with van der Waals surface area (Å²) in [5.41, 5.74) is 0. The quantitative estimate of drug-likeness (QED) is 0.321. The second-order valence-corrected chi connectivity index (χ2v) is 10.7. The van der Waals surface area contributed by atoms with E-state index in [2.05, 4.69) is 24.5 Å². The van der Waals surface area contributed by atoms with Gasteiger partial charge in [0.15, 0.2) is 0 Å². The minimum absolute atomic E-state index is 0.00257. The van der Waals surface area contributed by atoms with Crippen LogP contribution in [0.1, 0.15) is 124 Å². The summed E-state index contributed by atoms with van der Waals surface area (Å²) in [6, 6.07) is 0.524. The van der Waals surface area contributed by atoms with Crippen LogP contribution in [0.25, 0.3) is 0 Å². The predicted molar refractivity (Wildman–Crippen MR) is 133 cm³/mol. The normalized spacial score (nSPS) is 27.3. The van der Waals surface area contributed by atoms with Crippen molar-refractivity contribution in [3.8, 4) is 0 Å². The van der Waals surface area contributed by atoms with Crippen LogP contribution in [0.2, 0.25) is 0 Å². The first-order valence-corrected chi connectivity index (χ1v) is 13.8. The zero-order valence-electron chi connectivity index (χ0n) is 21.7. The van der Waals surface area contributed by atoms with E-state index in [1.165, 1.54) is 32.1 Å². The van der Waals surface area contributed by atoms with E-state index in [9.17, 15) is 9.59 Å². The molecule has 192 valence electrons. The lowest BCUT2D eigenvalue weighted by atomic mass is 9.76. The maximum absolute atomic E-state index is 12.1. The maximum Gasteiger partial charge on any atom is 0.407 e. The summed E-state index contributed by atoms with van der Waals surface area (Å²) < 4.78 is 11.0. The van der Waals surface area contributed by atoms with Gasteiger partial charge in [-0.25, -0.2) is 9.59 Å². The van der Waals surface area contributed by atoms with Crippen molar-refractivity contribution in [1.29, 1.82) is 0 Å². The van der Waals surface area contributed by atoms with Crippen LogP contribution in [0.15, 0.2) is 0 Å². The van der Waals surface area contributed by atoms with E-state index >= 15 is 0 Å². The molecular weight excluding hydrogens is 416 g/mol. The first-order valence-electron chi connectivity index (χ1n) is 13.8. The lowest BCUT2D eigenvalue weighted by Crippen LogP contribution is -2.40. The van der Waals surface area contributed by atoms with Crippen molar-refractivity contribution in [2.75, 3.05) is 0 Å². The van der Waals surface area contributed by atoms with E-state index < -0.39 is 0 Å². The fourth-order valence-electron chi connectivity index (χ4n) is 5.42. The number of amides is 2. The highest BCUT2D eigenvalue weighted by molar-refractivity contribution is 5.68. The number of rotatable bonds is 12. The third kappa shape index (κ3) is 11.5. The number of unbranched alkanes of at least 4 members (excludes halogenated alkanes) is 2. The van der Waals surface area contributed by atoms with E-state index in [1.807, 2.05) is 13.8 Å². The van der Waals surface area contributed by atoms with Gasteiger partial charge in [0.2, 0.25) is 0 Å². The van der Waals surface area contributed by atoms with Gasteiger partial charge in [-0.2, -0.15) is 0 Å². The Morgan fingerprint density at radius 3 is 1.39 bits per heavy atom. The van der Waals surface area contributed by atoms with Gasteiger partial charge in [0.05, 0.1) is 0 Å². The molecular formula is C27H50N2O4. The molecule has 2 aliphatic carbocycles. The summed E-state index contributed by atoms with van der Waals surface area (Å²) in [6.07, 6.45) is 16.1. The van der Waals surface area contributed by atoms with Gasteiger partial charge in [-0.05, 0) is 96.3 Å². The number of hydrogen-bond acceptors (Lipinski definition) is 4. The molecule has 2 amide bonds. The molecule has 0 heterocycles. The lowest BCUT2D eigenvalue weighted by molar-refractivity contribution is 0.0935. The molecule has 2 saturated carbocycles. The van der Waals surface area contributed by atoms with E-state index in [1.54, 1.807) is 0 Å².